The molecule has 7 nitrogen and oxygen atoms in total. The molecule has 0 radical (unpaired) electrons. The molecule has 146 valence electrons. The average molecular weight is 374 g/mol. The third-order valence-electron chi connectivity index (χ3n) is 5.41. The molecule has 1 aliphatic heterocycles. The molecule has 1 atom stereocenters. The number of aliphatic imine (C=N–C) groups is 1. The summed E-state index contributed by atoms with van der Waals surface area (Å²) in [6.45, 7) is 5.19. The van der Waals surface area contributed by atoms with Gasteiger partial charge in [-0.15, -0.1) is 0 Å². The molecule has 2 rings (SSSR count). The van der Waals surface area contributed by atoms with Crippen LogP contribution in [-0.2, 0) is 10.0 Å². The Bertz CT molecular complexity index is 531. The van der Waals surface area contributed by atoms with Crippen LogP contribution in [0.5, 0.6) is 0 Å². The maximum Gasteiger partial charge on any atom is 0.213 e. The Labute approximate surface area is 153 Å². The second-order valence-corrected chi connectivity index (χ2v) is 9.50. The Morgan fingerprint density at radius 1 is 1.28 bits per heavy atom. The minimum Gasteiger partial charge on any atom is -0.356 e. The van der Waals surface area contributed by atoms with Crippen LogP contribution in [0.15, 0.2) is 4.99 Å². The first kappa shape index (κ1) is 20.5. The van der Waals surface area contributed by atoms with Gasteiger partial charge in [0.1, 0.15) is 0 Å². The highest BCUT2D eigenvalue weighted by molar-refractivity contribution is 7.89. The fourth-order valence-electron chi connectivity index (χ4n) is 3.76. The number of rotatable bonds is 8. The second kappa shape index (κ2) is 9.73. The van der Waals surface area contributed by atoms with Gasteiger partial charge in [0, 0.05) is 52.4 Å². The zero-order chi connectivity index (χ0) is 18.3. The Morgan fingerprint density at radius 2 is 2.00 bits per heavy atom. The fraction of sp³-hybridized carbons (Fsp3) is 0.941. The topological polar surface area (TPSA) is 77.0 Å². The molecule has 0 aromatic heterocycles. The monoisotopic (exact) mass is 373 g/mol. The van der Waals surface area contributed by atoms with E-state index >= 15 is 0 Å². The van der Waals surface area contributed by atoms with E-state index < -0.39 is 10.0 Å². The maximum absolute atomic E-state index is 11.7. The molecule has 1 heterocycles. The van der Waals surface area contributed by atoms with Crippen LogP contribution in [0, 0.1) is 0 Å². The van der Waals surface area contributed by atoms with E-state index in [1.807, 2.05) is 0 Å². The molecule has 1 saturated carbocycles. The van der Waals surface area contributed by atoms with Gasteiger partial charge in [-0.2, -0.15) is 0 Å². The van der Waals surface area contributed by atoms with Crippen molar-refractivity contribution in [3.63, 3.8) is 0 Å². The largest absolute Gasteiger partial charge is 0.356 e. The summed E-state index contributed by atoms with van der Waals surface area (Å²) in [5.41, 5.74) is 0. The lowest BCUT2D eigenvalue weighted by Gasteiger charge is -2.24. The maximum atomic E-state index is 11.7. The molecule has 1 unspecified atom stereocenters. The molecule has 25 heavy (non-hydrogen) atoms. The fourth-order valence-corrected chi connectivity index (χ4v) is 4.61. The van der Waals surface area contributed by atoms with Gasteiger partial charge in [-0.25, -0.2) is 12.7 Å². The molecule has 1 aliphatic carbocycles. The highest BCUT2D eigenvalue weighted by atomic mass is 32.2. The van der Waals surface area contributed by atoms with Crippen LogP contribution >= 0.6 is 0 Å². The first-order valence-electron chi connectivity index (χ1n) is 9.61. The van der Waals surface area contributed by atoms with Crippen LogP contribution in [0.3, 0.4) is 0 Å². The van der Waals surface area contributed by atoms with E-state index in [1.165, 1.54) is 36.5 Å². The summed E-state index contributed by atoms with van der Waals surface area (Å²) in [5.74, 6) is 0.971. The van der Waals surface area contributed by atoms with Gasteiger partial charge >= 0.3 is 0 Å². The van der Waals surface area contributed by atoms with E-state index in [4.69, 9.17) is 0 Å². The molecule has 1 saturated heterocycles. The van der Waals surface area contributed by atoms with Crippen molar-refractivity contribution < 1.29 is 8.42 Å². The summed E-state index contributed by atoms with van der Waals surface area (Å²) in [6, 6.07) is 1.24. The van der Waals surface area contributed by atoms with E-state index in [9.17, 15) is 8.42 Å². The average Bonchev–Trinajstić information content (AvgIpc) is 3.28. The lowest BCUT2D eigenvalue weighted by Crippen LogP contribution is -2.45. The molecular formula is C17H35N5O2S. The minimum absolute atomic E-state index is 0.152. The lowest BCUT2D eigenvalue weighted by atomic mass is 10.2. The Hall–Kier alpha value is -0.860. The van der Waals surface area contributed by atoms with Gasteiger partial charge < -0.3 is 10.6 Å². The first-order valence-corrected chi connectivity index (χ1v) is 11.2. The number of guanidine groups is 1. The number of likely N-dealkylation sites (tertiary alicyclic amines) is 1. The molecule has 2 N–H and O–H groups in total. The summed E-state index contributed by atoms with van der Waals surface area (Å²) >= 11 is 0. The van der Waals surface area contributed by atoms with Crippen molar-refractivity contribution in [2.45, 2.75) is 57.5 Å². The van der Waals surface area contributed by atoms with E-state index in [0.29, 0.717) is 19.1 Å². The molecule has 0 bridgehead atoms. The quantitative estimate of drug-likeness (QED) is 0.375. The van der Waals surface area contributed by atoms with Crippen LogP contribution in [-0.4, -0.2) is 81.7 Å². The van der Waals surface area contributed by atoms with Gasteiger partial charge in [0.15, 0.2) is 5.96 Å². The summed E-state index contributed by atoms with van der Waals surface area (Å²) in [6.07, 6.45) is 7.39. The van der Waals surface area contributed by atoms with E-state index in [-0.39, 0.29) is 5.75 Å². The van der Waals surface area contributed by atoms with Gasteiger partial charge in [0.25, 0.3) is 0 Å². The third-order valence-corrected chi connectivity index (χ3v) is 7.27. The summed E-state index contributed by atoms with van der Waals surface area (Å²) < 4.78 is 24.9. The van der Waals surface area contributed by atoms with Gasteiger partial charge in [-0.3, -0.25) is 9.89 Å². The summed E-state index contributed by atoms with van der Waals surface area (Å²) in [5, 5.41) is 6.82. The highest BCUT2D eigenvalue weighted by Gasteiger charge is 2.30. The summed E-state index contributed by atoms with van der Waals surface area (Å²) in [4.78, 5) is 6.93. The Kier molecular flexibility index (Phi) is 7.96. The smallest absolute Gasteiger partial charge is 0.213 e. The first-order chi connectivity index (χ1) is 12.0. The Balaban J connectivity index is 1.66. The number of nitrogens with zero attached hydrogens (tertiary/aromatic N) is 3. The normalized spacial score (nSPS) is 23.5. The van der Waals surface area contributed by atoms with Crippen molar-refractivity contribution in [2.75, 3.05) is 46.0 Å². The van der Waals surface area contributed by atoms with Crippen LogP contribution in [0.1, 0.15) is 45.4 Å². The standard InChI is InChI=1S/C17H35N5O2S/c1-4-25(23,24)21(3)12-7-11-19-17(18-2)20-15-10-13-22(14-15)16-8-5-6-9-16/h15-16H,4-14H2,1-3H3,(H2,18,19,20). The zero-order valence-electron chi connectivity index (χ0n) is 16.0. The lowest BCUT2D eigenvalue weighted by molar-refractivity contribution is 0.242. The summed E-state index contributed by atoms with van der Waals surface area (Å²) in [7, 11) is 0.342. The van der Waals surface area contributed by atoms with Gasteiger partial charge in [-0.05, 0) is 32.6 Å². The predicted octanol–water partition coefficient (Wildman–Crippen LogP) is 0.840. The van der Waals surface area contributed by atoms with Crippen molar-refractivity contribution in [1.82, 2.24) is 19.8 Å². The number of nitrogens with one attached hydrogen (secondary N) is 2. The van der Waals surface area contributed by atoms with Crippen LogP contribution in [0.4, 0.5) is 0 Å². The Morgan fingerprint density at radius 3 is 2.64 bits per heavy atom. The van der Waals surface area contributed by atoms with Crippen molar-refractivity contribution in [1.29, 1.82) is 0 Å². The van der Waals surface area contributed by atoms with Crippen molar-refractivity contribution in [2.24, 2.45) is 4.99 Å². The van der Waals surface area contributed by atoms with Crippen molar-refractivity contribution >= 4 is 16.0 Å². The van der Waals surface area contributed by atoms with Crippen LogP contribution in [0.25, 0.3) is 0 Å². The molecule has 0 aromatic carbocycles. The van der Waals surface area contributed by atoms with Crippen LogP contribution < -0.4 is 10.6 Å². The number of hydrogen-bond donors (Lipinski definition) is 2. The van der Waals surface area contributed by atoms with E-state index in [2.05, 4.69) is 20.5 Å². The van der Waals surface area contributed by atoms with Crippen molar-refractivity contribution in [3.05, 3.63) is 0 Å². The highest BCUT2D eigenvalue weighted by Crippen LogP contribution is 2.26. The van der Waals surface area contributed by atoms with Crippen molar-refractivity contribution in [3.8, 4) is 0 Å². The molecule has 2 fully saturated rings. The minimum atomic E-state index is -3.08. The molecule has 0 spiro atoms. The SMILES string of the molecule is CCS(=O)(=O)N(C)CCCNC(=NC)NC1CCN(C2CCCC2)C1. The second-order valence-electron chi connectivity index (χ2n) is 7.14. The predicted molar refractivity (Wildman–Crippen MR) is 103 cm³/mol. The van der Waals surface area contributed by atoms with E-state index in [0.717, 1.165) is 31.4 Å². The van der Waals surface area contributed by atoms with Crippen LogP contribution in [0.2, 0.25) is 0 Å². The molecular weight excluding hydrogens is 338 g/mol. The zero-order valence-corrected chi connectivity index (χ0v) is 16.8. The number of sulfonamides is 1. The van der Waals surface area contributed by atoms with Gasteiger partial charge in [0.2, 0.25) is 10.0 Å². The molecule has 8 heteroatoms. The molecule has 0 amide bonds. The van der Waals surface area contributed by atoms with E-state index in [1.54, 1.807) is 21.0 Å². The molecule has 2 aliphatic rings. The van der Waals surface area contributed by atoms with Gasteiger partial charge in [0.05, 0.1) is 5.75 Å². The third kappa shape index (κ3) is 6.11. The number of hydrogen-bond acceptors (Lipinski definition) is 4. The van der Waals surface area contributed by atoms with Gasteiger partial charge in [-0.1, -0.05) is 12.8 Å². The molecule has 0 aromatic rings.